The molecule has 2 heterocycles. The number of rotatable bonds is 10. The molecule has 4 rings (SSSR count). The standard InChI is InChI=1S/C29H38F3N3O2Si/c1-5-21-6-11-24(12-7-21)37-25-13-8-22(9-14-25)26-15-10-23(18-33-26)28-34-27(29(30,31)32)19-35(28)20-36-16-17-38(2,3)4/h8-10,13-15,18-19,21,24H,5-7,11-12,16-17,20H2,1-4H3/t21-,24-. The minimum Gasteiger partial charge on any atom is -0.490 e. The number of halogens is 3. The van der Waals surface area contributed by atoms with Gasteiger partial charge in [-0.2, -0.15) is 13.2 Å². The number of pyridine rings is 1. The van der Waals surface area contributed by atoms with Crippen molar-refractivity contribution in [2.45, 2.75) is 83.7 Å². The van der Waals surface area contributed by atoms with Crippen molar-refractivity contribution in [1.29, 1.82) is 0 Å². The monoisotopic (exact) mass is 545 g/mol. The van der Waals surface area contributed by atoms with Crippen molar-refractivity contribution in [2.24, 2.45) is 5.92 Å². The van der Waals surface area contributed by atoms with Crippen LogP contribution in [0, 0.1) is 5.92 Å². The Labute approximate surface area is 224 Å². The SMILES string of the molecule is CC[C@H]1CC[C@H](Oc2ccc(-c3ccc(-c4nc(C(F)(F)F)cn4COCC[Si](C)(C)C)cn3)cc2)CC1. The number of hydrogen-bond donors (Lipinski definition) is 0. The Morgan fingerprint density at radius 1 is 0.974 bits per heavy atom. The lowest BCUT2D eigenvalue weighted by molar-refractivity contribution is -0.141. The van der Waals surface area contributed by atoms with E-state index in [0.29, 0.717) is 12.2 Å². The minimum absolute atomic E-state index is 0.00615. The van der Waals surface area contributed by atoms with Gasteiger partial charge in [0.2, 0.25) is 0 Å². The number of hydrogen-bond acceptors (Lipinski definition) is 4. The molecule has 1 fully saturated rings. The van der Waals surface area contributed by atoms with E-state index in [1.165, 1.54) is 23.8 Å². The van der Waals surface area contributed by atoms with Crippen molar-refractivity contribution in [3.63, 3.8) is 0 Å². The molecule has 0 unspecified atom stereocenters. The molecule has 9 heteroatoms. The van der Waals surface area contributed by atoms with Gasteiger partial charge in [-0.1, -0.05) is 33.0 Å². The average Bonchev–Trinajstić information content (AvgIpc) is 3.32. The molecule has 0 spiro atoms. The maximum Gasteiger partial charge on any atom is 0.434 e. The van der Waals surface area contributed by atoms with Gasteiger partial charge < -0.3 is 14.0 Å². The molecule has 0 aliphatic heterocycles. The molecule has 3 aromatic rings. The van der Waals surface area contributed by atoms with Gasteiger partial charge in [-0.3, -0.25) is 4.98 Å². The van der Waals surface area contributed by atoms with Gasteiger partial charge in [-0.15, -0.1) is 0 Å². The molecule has 1 aliphatic carbocycles. The molecule has 2 aromatic heterocycles. The maximum atomic E-state index is 13.4. The largest absolute Gasteiger partial charge is 0.490 e. The minimum atomic E-state index is -4.54. The topological polar surface area (TPSA) is 49.2 Å². The van der Waals surface area contributed by atoms with Gasteiger partial charge in [0.1, 0.15) is 18.3 Å². The summed E-state index contributed by atoms with van der Waals surface area (Å²) < 4.78 is 53.5. The summed E-state index contributed by atoms with van der Waals surface area (Å²) in [6.45, 7) is 9.45. The van der Waals surface area contributed by atoms with Crippen molar-refractivity contribution >= 4 is 8.07 Å². The number of aromatic nitrogens is 3. The lowest BCUT2D eigenvalue weighted by Gasteiger charge is -2.28. The number of imidazole rings is 1. The first-order valence-corrected chi connectivity index (χ1v) is 17.2. The van der Waals surface area contributed by atoms with Crippen LogP contribution in [-0.2, 0) is 17.6 Å². The first-order chi connectivity index (χ1) is 18.0. The molecule has 0 radical (unpaired) electrons. The second-order valence-electron chi connectivity index (χ2n) is 11.4. The molecular formula is C29H38F3N3O2Si. The molecule has 38 heavy (non-hydrogen) atoms. The van der Waals surface area contributed by atoms with E-state index >= 15 is 0 Å². The molecule has 5 nitrogen and oxygen atoms in total. The summed E-state index contributed by atoms with van der Waals surface area (Å²) in [4.78, 5) is 8.39. The number of nitrogens with zero attached hydrogens (tertiary/aromatic N) is 3. The quantitative estimate of drug-likeness (QED) is 0.190. The third-order valence-corrected chi connectivity index (χ3v) is 8.84. The van der Waals surface area contributed by atoms with Gasteiger partial charge in [0.05, 0.1) is 11.8 Å². The molecule has 1 aromatic carbocycles. The van der Waals surface area contributed by atoms with E-state index in [2.05, 4.69) is 36.5 Å². The van der Waals surface area contributed by atoms with Gasteiger partial charge in [-0.25, -0.2) is 4.98 Å². The van der Waals surface area contributed by atoms with Gasteiger partial charge in [0, 0.05) is 38.2 Å². The molecule has 1 saturated carbocycles. The summed E-state index contributed by atoms with van der Waals surface area (Å²) in [7, 11) is -1.30. The van der Waals surface area contributed by atoms with Crippen LogP contribution in [0.4, 0.5) is 13.2 Å². The molecule has 0 saturated heterocycles. The van der Waals surface area contributed by atoms with Crippen LogP contribution in [-0.4, -0.2) is 35.3 Å². The highest BCUT2D eigenvalue weighted by Gasteiger charge is 2.35. The average molecular weight is 546 g/mol. The van der Waals surface area contributed by atoms with E-state index < -0.39 is 19.9 Å². The Morgan fingerprint density at radius 3 is 2.24 bits per heavy atom. The van der Waals surface area contributed by atoms with Crippen molar-refractivity contribution in [3.8, 4) is 28.4 Å². The third kappa shape index (κ3) is 7.69. The van der Waals surface area contributed by atoms with Crippen molar-refractivity contribution in [2.75, 3.05) is 6.61 Å². The fourth-order valence-corrected chi connectivity index (χ4v) is 5.43. The molecule has 0 atom stereocenters. The number of alkyl halides is 3. The van der Waals surface area contributed by atoms with Crippen LogP contribution >= 0.6 is 0 Å². The van der Waals surface area contributed by atoms with E-state index in [-0.39, 0.29) is 18.7 Å². The van der Waals surface area contributed by atoms with Crippen LogP contribution in [0.2, 0.25) is 25.7 Å². The Balaban J connectivity index is 1.44. The second kappa shape index (κ2) is 12.0. The normalized spacial score (nSPS) is 18.5. The van der Waals surface area contributed by atoms with E-state index in [9.17, 15) is 13.2 Å². The highest BCUT2D eigenvalue weighted by molar-refractivity contribution is 6.76. The van der Waals surface area contributed by atoms with Gasteiger partial charge in [0.15, 0.2) is 5.69 Å². The van der Waals surface area contributed by atoms with Gasteiger partial charge in [-0.05, 0) is 74.0 Å². The molecule has 0 amide bonds. The zero-order valence-electron chi connectivity index (χ0n) is 22.7. The third-order valence-electron chi connectivity index (χ3n) is 7.14. The number of ether oxygens (including phenoxy) is 2. The first-order valence-electron chi connectivity index (χ1n) is 13.5. The predicted octanol–water partition coefficient (Wildman–Crippen LogP) is 8.29. The Morgan fingerprint density at radius 2 is 1.66 bits per heavy atom. The highest BCUT2D eigenvalue weighted by Crippen LogP contribution is 2.32. The summed E-state index contributed by atoms with van der Waals surface area (Å²) in [6.07, 6.45) is 4.18. The predicted molar refractivity (Wildman–Crippen MR) is 147 cm³/mol. The zero-order chi connectivity index (χ0) is 27.3. The van der Waals surface area contributed by atoms with Crippen LogP contribution < -0.4 is 4.74 Å². The van der Waals surface area contributed by atoms with E-state index in [0.717, 1.165) is 48.0 Å². The Bertz CT molecular complexity index is 1160. The van der Waals surface area contributed by atoms with E-state index in [4.69, 9.17) is 9.47 Å². The van der Waals surface area contributed by atoms with Crippen molar-refractivity contribution < 1.29 is 22.6 Å². The highest BCUT2D eigenvalue weighted by atomic mass is 28.3. The van der Waals surface area contributed by atoms with Crippen molar-refractivity contribution in [1.82, 2.24) is 14.5 Å². The Kier molecular flexibility index (Phi) is 8.98. The fraction of sp³-hybridized carbons (Fsp3) is 0.517. The van der Waals surface area contributed by atoms with Crippen LogP contribution in [0.15, 0.2) is 48.8 Å². The summed E-state index contributed by atoms with van der Waals surface area (Å²) in [6, 6.07) is 12.3. The summed E-state index contributed by atoms with van der Waals surface area (Å²) in [5.41, 5.74) is 1.20. The summed E-state index contributed by atoms with van der Waals surface area (Å²) in [5.74, 6) is 1.86. The van der Waals surface area contributed by atoms with Crippen LogP contribution in [0.1, 0.15) is 44.7 Å². The van der Waals surface area contributed by atoms with Crippen LogP contribution in [0.3, 0.4) is 0 Å². The fourth-order valence-electron chi connectivity index (χ4n) is 4.67. The van der Waals surface area contributed by atoms with Crippen LogP contribution in [0.5, 0.6) is 5.75 Å². The van der Waals surface area contributed by atoms with Gasteiger partial charge in [0.25, 0.3) is 0 Å². The zero-order valence-corrected chi connectivity index (χ0v) is 23.7. The Hall–Kier alpha value is -2.65. The molecular weight excluding hydrogens is 507 g/mol. The first kappa shape index (κ1) is 28.4. The van der Waals surface area contributed by atoms with Crippen molar-refractivity contribution in [3.05, 3.63) is 54.5 Å². The van der Waals surface area contributed by atoms with E-state index in [1.54, 1.807) is 18.3 Å². The molecule has 206 valence electrons. The lowest BCUT2D eigenvalue weighted by atomic mass is 9.86. The van der Waals surface area contributed by atoms with Crippen LogP contribution in [0.25, 0.3) is 22.6 Å². The summed E-state index contributed by atoms with van der Waals surface area (Å²) in [5, 5.41) is 0. The number of benzene rings is 1. The second-order valence-corrected chi connectivity index (χ2v) is 17.0. The molecule has 0 bridgehead atoms. The molecule has 0 N–H and O–H groups in total. The van der Waals surface area contributed by atoms with E-state index in [1.807, 2.05) is 24.3 Å². The maximum absolute atomic E-state index is 13.4. The summed E-state index contributed by atoms with van der Waals surface area (Å²) >= 11 is 0. The molecule has 1 aliphatic rings. The smallest absolute Gasteiger partial charge is 0.434 e. The van der Waals surface area contributed by atoms with Gasteiger partial charge >= 0.3 is 6.18 Å². The lowest BCUT2D eigenvalue weighted by Crippen LogP contribution is -2.23.